The molecule has 1 N–H and O–H groups in total. The van der Waals surface area contributed by atoms with Gasteiger partial charge >= 0.3 is 5.97 Å². The van der Waals surface area contributed by atoms with Crippen LogP contribution in [0.2, 0.25) is 0 Å². The number of nitrogens with zero attached hydrogens (tertiary/aromatic N) is 1. The number of imide groups is 1. The van der Waals surface area contributed by atoms with Crippen LogP contribution in [-0.4, -0.2) is 41.2 Å². The summed E-state index contributed by atoms with van der Waals surface area (Å²) in [6, 6.07) is 5.91. The van der Waals surface area contributed by atoms with E-state index in [2.05, 4.69) is 5.32 Å². The second-order valence-corrected chi connectivity index (χ2v) is 6.52. The van der Waals surface area contributed by atoms with Gasteiger partial charge < -0.3 is 10.1 Å². The zero-order valence-electron chi connectivity index (χ0n) is 15.5. The van der Waals surface area contributed by atoms with Gasteiger partial charge in [-0.05, 0) is 38.1 Å². The molecule has 0 spiro atoms. The number of anilines is 1. The first kappa shape index (κ1) is 20.1. The van der Waals surface area contributed by atoms with Gasteiger partial charge in [-0.3, -0.25) is 19.3 Å². The van der Waals surface area contributed by atoms with Crippen LogP contribution in [0.4, 0.5) is 14.5 Å². The van der Waals surface area contributed by atoms with Gasteiger partial charge in [-0.15, -0.1) is 0 Å². The Kier molecular flexibility index (Phi) is 5.40. The highest BCUT2D eigenvalue weighted by Gasteiger charge is 2.41. The molecule has 1 aliphatic rings. The smallest absolute Gasteiger partial charge is 0.329 e. The fourth-order valence-electron chi connectivity index (χ4n) is 2.91. The predicted molar refractivity (Wildman–Crippen MR) is 97.1 cm³/mol. The summed E-state index contributed by atoms with van der Waals surface area (Å²) in [4.78, 5) is 49.8. The lowest BCUT2D eigenvalue weighted by atomic mass is 10.1. The molecule has 1 atom stereocenters. The van der Waals surface area contributed by atoms with Crippen LogP contribution in [0.25, 0.3) is 0 Å². The molecule has 0 radical (unpaired) electrons. The quantitative estimate of drug-likeness (QED) is 0.613. The van der Waals surface area contributed by atoms with E-state index in [1.807, 2.05) is 0 Å². The number of ether oxygens (including phenoxy) is 1. The van der Waals surface area contributed by atoms with Gasteiger partial charge in [0.25, 0.3) is 17.7 Å². The van der Waals surface area contributed by atoms with Crippen LogP contribution in [0.5, 0.6) is 0 Å². The molecule has 1 unspecified atom stereocenters. The SMILES string of the molecule is Cc1ccc2c(c1)C(=O)N(C(C)C(=O)OCC(=O)Nc1cc(F)cc(F)c1)C2=O. The number of rotatable bonds is 5. The minimum Gasteiger partial charge on any atom is -0.454 e. The molecule has 0 bridgehead atoms. The Bertz CT molecular complexity index is 1020. The number of amides is 3. The summed E-state index contributed by atoms with van der Waals surface area (Å²) < 4.78 is 31.1. The maximum Gasteiger partial charge on any atom is 0.329 e. The van der Waals surface area contributed by atoms with Gasteiger partial charge in [0.1, 0.15) is 17.7 Å². The Labute approximate surface area is 164 Å². The number of hydrogen-bond acceptors (Lipinski definition) is 5. The zero-order chi connectivity index (χ0) is 21.3. The molecule has 0 aromatic heterocycles. The van der Waals surface area contributed by atoms with Crippen LogP contribution in [0, 0.1) is 18.6 Å². The van der Waals surface area contributed by atoms with E-state index >= 15 is 0 Å². The van der Waals surface area contributed by atoms with Gasteiger partial charge in [-0.2, -0.15) is 0 Å². The maximum atomic E-state index is 13.1. The summed E-state index contributed by atoms with van der Waals surface area (Å²) in [5.41, 5.74) is 1.02. The number of fused-ring (bicyclic) bond motifs is 1. The summed E-state index contributed by atoms with van der Waals surface area (Å²) in [6.45, 7) is 2.31. The number of nitrogens with one attached hydrogen (secondary N) is 1. The molecule has 1 heterocycles. The molecule has 0 saturated carbocycles. The minimum absolute atomic E-state index is 0.146. The average Bonchev–Trinajstić information content (AvgIpc) is 2.88. The third kappa shape index (κ3) is 4.13. The largest absolute Gasteiger partial charge is 0.454 e. The number of esters is 1. The van der Waals surface area contributed by atoms with E-state index < -0.39 is 48.0 Å². The number of halogens is 2. The molecular weight excluding hydrogens is 386 g/mol. The number of aryl methyl sites for hydroxylation is 1. The highest BCUT2D eigenvalue weighted by Crippen LogP contribution is 2.26. The minimum atomic E-state index is -1.26. The van der Waals surface area contributed by atoms with E-state index in [9.17, 15) is 28.0 Å². The molecule has 9 heteroatoms. The molecule has 3 amide bonds. The molecule has 29 heavy (non-hydrogen) atoms. The topological polar surface area (TPSA) is 92.8 Å². The first-order valence-corrected chi connectivity index (χ1v) is 8.58. The zero-order valence-corrected chi connectivity index (χ0v) is 15.5. The van der Waals surface area contributed by atoms with Gasteiger partial charge in [0.15, 0.2) is 6.61 Å². The number of carbonyl (C=O) groups is 4. The van der Waals surface area contributed by atoms with Gasteiger partial charge in [-0.25, -0.2) is 13.6 Å². The molecule has 2 aromatic carbocycles. The van der Waals surface area contributed by atoms with Crippen molar-refractivity contribution in [2.24, 2.45) is 0 Å². The summed E-state index contributed by atoms with van der Waals surface area (Å²) in [5, 5.41) is 2.18. The summed E-state index contributed by atoms with van der Waals surface area (Å²) in [5.74, 6) is -4.84. The van der Waals surface area contributed by atoms with E-state index in [4.69, 9.17) is 4.74 Å². The number of benzene rings is 2. The fraction of sp³-hybridized carbons (Fsp3) is 0.200. The highest BCUT2D eigenvalue weighted by atomic mass is 19.1. The van der Waals surface area contributed by atoms with E-state index in [0.29, 0.717) is 6.07 Å². The van der Waals surface area contributed by atoms with Crippen molar-refractivity contribution in [2.45, 2.75) is 19.9 Å². The van der Waals surface area contributed by atoms with Crippen molar-refractivity contribution in [3.63, 3.8) is 0 Å². The molecule has 1 aliphatic heterocycles. The lowest BCUT2D eigenvalue weighted by molar-refractivity contribution is -0.150. The second-order valence-electron chi connectivity index (χ2n) is 6.52. The van der Waals surface area contributed by atoms with Crippen molar-refractivity contribution < 1.29 is 32.7 Å². The van der Waals surface area contributed by atoms with Crippen molar-refractivity contribution in [2.75, 3.05) is 11.9 Å². The third-order valence-electron chi connectivity index (χ3n) is 4.29. The van der Waals surface area contributed by atoms with E-state index in [1.54, 1.807) is 19.1 Å². The van der Waals surface area contributed by atoms with Gasteiger partial charge in [-0.1, -0.05) is 11.6 Å². The molecular formula is C20H16F2N2O5. The highest BCUT2D eigenvalue weighted by molar-refractivity contribution is 6.22. The molecule has 3 rings (SSSR count). The Morgan fingerprint density at radius 3 is 2.31 bits per heavy atom. The molecule has 150 valence electrons. The summed E-state index contributed by atoms with van der Waals surface area (Å²) >= 11 is 0. The normalized spacial score (nSPS) is 13.9. The Morgan fingerprint density at radius 1 is 1.03 bits per heavy atom. The van der Waals surface area contributed by atoms with E-state index in [0.717, 1.165) is 22.6 Å². The lowest BCUT2D eigenvalue weighted by Crippen LogP contribution is -2.44. The van der Waals surface area contributed by atoms with Gasteiger partial charge in [0.05, 0.1) is 11.1 Å². The monoisotopic (exact) mass is 402 g/mol. The molecule has 7 nitrogen and oxygen atoms in total. The van der Waals surface area contributed by atoms with Crippen LogP contribution >= 0.6 is 0 Å². The second kappa shape index (κ2) is 7.78. The summed E-state index contributed by atoms with van der Waals surface area (Å²) in [6.07, 6.45) is 0. The van der Waals surface area contributed by atoms with Crippen molar-refractivity contribution in [3.8, 4) is 0 Å². The number of carbonyl (C=O) groups excluding carboxylic acids is 4. The van der Waals surface area contributed by atoms with Gasteiger partial charge in [0, 0.05) is 11.8 Å². The third-order valence-corrected chi connectivity index (χ3v) is 4.29. The molecule has 0 fully saturated rings. The van der Waals surface area contributed by atoms with Crippen LogP contribution in [-0.2, 0) is 14.3 Å². The van der Waals surface area contributed by atoms with E-state index in [1.165, 1.54) is 13.0 Å². The Morgan fingerprint density at radius 2 is 1.66 bits per heavy atom. The standard InChI is InChI=1S/C20H16F2N2O5/c1-10-3-4-15-16(5-10)19(27)24(18(15)26)11(2)20(28)29-9-17(25)23-14-7-12(21)6-13(22)8-14/h3-8,11H,9H2,1-2H3,(H,23,25). The Balaban J connectivity index is 1.61. The van der Waals surface area contributed by atoms with Crippen molar-refractivity contribution in [1.82, 2.24) is 4.90 Å². The maximum absolute atomic E-state index is 13.1. The fourth-order valence-corrected chi connectivity index (χ4v) is 2.91. The van der Waals surface area contributed by atoms with Crippen LogP contribution in [0.15, 0.2) is 36.4 Å². The first-order chi connectivity index (χ1) is 13.7. The van der Waals surface area contributed by atoms with Gasteiger partial charge in [0.2, 0.25) is 0 Å². The molecule has 0 aliphatic carbocycles. The molecule has 2 aromatic rings. The molecule has 0 saturated heterocycles. The van der Waals surface area contributed by atoms with E-state index in [-0.39, 0.29) is 16.8 Å². The van der Waals surface area contributed by atoms with Crippen molar-refractivity contribution in [3.05, 3.63) is 64.7 Å². The Hall–Kier alpha value is -3.62. The summed E-state index contributed by atoms with van der Waals surface area (Å²) in [7, 11) is 0. The van der Waals surface area contributed by atoms with Crippen LogP contribution in [0.1, 0.15) is 33.2 Å². The average molecular weight is 402 g/mol. The number of hydrogen-bond donors (Lipinski definition) is 1. The van der Waals surface area contributed by atoms with Crippen molar-refractivity contribution in [1.29, 1.82) is 0 Å². The van der Waals surface area contributed by atoms with Crippen LogP contribution < -0.4 is 5.32 Å². The van der Waals surface area contributed by atoms with Crippen LogP contribution in [0.3, 0.4) is 0 Å². The first-order valence-electron chi connectivity index (χ1n) is 8.58. The van der Waals surface area contributed by atoms with Crippen molar-refractivity contribution >= 4 is 29.4 Å². The predicted octanol–water partition coefficient (Wildman–Crippen LogP) is 2.44. The lowest BCUT2D eigenvalue weighted by Gasteiger charge is -2.20.